The Balaban J connectivity index is 0.000000233. The summed E-state index contributed by atoms with van der Waals surface area (Å²) in [4.78, 5) is 0. The summed E-state index contributed by atoms with van der Waals surface area (Å²) in [5, 5.41) is 2.69. The summed E-state index contributed by atoms with van der Waals surface area (Å²) in [6.07, 6.45) is 3.71. The van der Waals surface area contributed by atoms with Crippen LogP contribution < -0.4 is 0 Å². The number of rotatable bonds is 4. The molecule has 0 saturated carbocycles. The maximum absolute atomic E-state index is 2.34. The minimum absolute atomic E-state index is 0.210. The van der Waals surface area contributed by atoms with E-state index in [1.807, 2.05) is 0 Å². The van der Waals surface area contributed by atoms with Crippen LogP contribution in [0.3, 0.4) is 0 Å². The van der Waals surface area contributed by atoms with Crippen molar-refractivity contribution >= 4 is 16.2 Å². The van der Waals surface area contributed by atoms with Gasteiger partial charge in [-0.1, -0.05) is 76.9 Å². The van der Waals surface area contributed by atoms with Gasteiger partial charge in [-0.2, -0.15) is 28.3 Å². The maximum atomic E-state index is 2.34. The molecule has 0 fully saturated rings. The van der Waals surface area contributed by atoms with E-state index in [0.29, 0.717) is 0 Å². The summed E-state index contributed by atoms with van der Waals surface area (Å²) in [7, 11) is 0. The van der Waals surface area contributed by atoms with Gasteiger partial charge in [0.2, 0.25) is 0 Å². The SMILES string of the molecule is CCCCc1cccc(-c2c[cH-]c3ccccc23)c1.C[Si](C)=[Zr+2].Cc1[cH-]c(C)c(C)c1C. The summed E-state index contributed by atoms with van der Waals surface area (Å²) < 4.78 is 0. The summed E-state index contributed by atoms with van der Waals surface area (Å²) in [5.74, 6) is 0. The van der Waals surface area contributed by atoms with Crippen LogP contribution in [-0.2, 0) is 29.8 Å². The molecule has 0 saturated heterocycles. The second kappa shape index (κ2) is 13.3. The fourth-order valence-electron chi connectivity index (χ4n) is 3.81. The Labute approximate surface area is 211 Å². The standard InChI is InChI=1S/C19H19.C9H13.C2H6Si.Zr/c1-2-3-7-15-8-6-10-17(14-15)19-13-12-16-9-4-5-11-18(16)19;1-6-5-7(2)9(4)8(6)3;1-3-2;/h4-6,8-14H,2-3,7H2,1H3;5H,1-4H3;1-2H3;/q2*-1;;+2. The number of hydrogen-bond donors (Lipinski definition) is 0. The first-order chi connectivity index (χ1) is 15.2. The minimum Gasteiger partial charge on any atom is -0.196 e. The van der Waals surface area contributed by atoms with E-state index >= 15 is 0 Å². The molecule has 0 aliphatic rings. The molecule has 0 nitrogen and oxygen atoms in total. The monoisotopic (exact) mass is 516 g/mol. The molecule has 0 aliphatic carbocycles. The molecule has 0 spiro atoms. The number of unbranched alkanes of at least 4 members (excludes halogenated alkanes) is 1. The smallest absolute Gasteiger partial charge is 0.0632 e. The van der Waals surface area contributed by atoms with Crippen molar-refractivity contribution in [3.8, 4) is 11.1 Å². The van der Waals surface area contributed by atoms with Gasteiger partial charge >= 0.3 is 41.9 Å². The van der Waals surface area contributed by atoms with E-state index in [0.717, 1.165) is 0 Å². The Kier molecular flexibility index (Phi) is 11.1. The number of hydrogen-bond acceptors (Lipinski definition) is 0. The third-order valence-corrected chi connectivity index (χ3v) is 5.92. The first kappa shape index (κ1) is 26.7. The van der Waals surface area contributed by atoms with Gasteiger partial charge in [0.15, 0.2) is 0 Å². The average Bonchev–Trinajstić information content (AvgIpc) is 3.29. The zero-order valence-corrected chi connectivity index (χ0v) is 24.4. The molecule has 0 aliphatic heterocycles. The fraction of sp³-hybridized carbons (Fsp3) is 0.333. The van der Waals surface area contributed by atoms with E-state index in [1.165, 1.54) is 69.0 Å². The Morgan fingerprint density at radius 3 is 2.06 bits per heavy atom. The van der Waals surface area contributed by atoms with Gasteiger partial charge in [-0.25, -0.2) is 0 Å². The van der Waals surface area contributed by atoms with Crippen molar-refractivity contribution in [3.05, 3.63) is 94.5 Å². The van der Waals surface area contributed by atoms with Gasteiger partial charge < -0.3 is 0 Å². The molecule has 4 aromatic rings. The van der Waals surface area contributed by atoms with E-state index < -0.39 is 0 Å². The van der Waals surface area contributed by atoms with Crippen molar-refractivity contribution < 1.29 is 23.3 Å². The maximum Gasteiger partial charge on any atom is -0.0632 e. The van der Waals surface area contributed by atoms with Crippen molar-refractivity contribution in [1.29, 1.82) is 0 Å². The number of benzene rings is 2. The van der Waals surface area contributed by atoms with Crippen LogP contribution in [0.15, 0.2) is 66.7 Å². The van der Waals surface area contributed by atoms with Crippen LogP contribution in [-0.4, -0.2) is 5.43 Å². The van der Waals surface area contributed by atoms with Crippen LogP contribution in [0.4, 0.5) is 0 Å². The summed E-state index contributed by atoms with van der Waals surface area (Å²) in [6.45, 7) is 15.5. The van der Waals surface area contributed by atoms with Gasteiger partial charge in [-0.3, -0.25) is 0 Å². The summed E-state index contributed by atoms with van der Waals surface area (Å²) >= 11 is 1.74. The molecule has 0 heterocycles. The van der Waals surface area contributed by atoms with Gasteiger partial charge in [-0.15, -0.1) is 46.7 Å². The van der Waals surface area contributed by atoms with Gasteiger partial charge in [0.05, 0.1) is 0 Å². The Morgan fingerprint density at radius 2 is 1.50 bits per heavy atom. The molecule has 0 N–H and O–H groups in total. The largest absolute Gasteiger partial charge is 0.196 e. The van der Waals surface area contributed by atoms with Crippen LogP contribution in [0, 0.1) is 27.7 Å². The van der Waals surface area contributed by atoms with Gasteiger partial charge in [0, 0.05) is 0 Å². The summed E-state index contributed by atoms with van der Waals surface area (Å²) in [5.41, 5.74) is 10.1. The van der Waals surface area contributed by atoms with Crippen molar-refractivity contribution in [3.63, 3.8) is 0 Å². The zero-order chi connectivity index (χ0) is 23.7. The molecule has 4 rings (SSSR count). The Bertz CT molecular complexity index is 1120. The number of aryl methyl sites for hydroxylation is 3. The van der Waals surface area contributed by atoms with E-state index in [9.17, 15) is 0 Å². The third-order valence-electron chi connectivity index (χ3n) is 5.92. The molecule has 0 radical (unpaired) electrons. The first-order valence-corrected chi connectivity index (χ1v) is 17.9. The molecule has 0 amide bonds. The van der Waals surface area contributed by atoms with Crippen LogP contribution in [0.5, 0.6) is 0 Å². The van der Waals surface area contributed by atoms with Crippen molar-refractivity contribution in [2.75, 3.05) is 0 Å². The molecule has 0 atom stereocenters. The van der Waals surface area contributed by atoms with E-state index in [1.54, 1.807) is 23.3 Å². The Hall–Kier alpha value is -1.50. The molecular weight excluding hydrogens is 480 g/mol. The molecule has 2 heteroatoms. The van der Waals surface area contributed by atoms with Gasteiger partial charge in [-0.05, 0) is 18.4 Å². The quantitative estimate of drug-likeness (QED) is 0.187. The zero-order valence-electron chi connectivity index (χ0n) is 21.0. The number of fused-ring (bicyclic) bond motifs is 1. The van der Waals surface area contributed by atoms with E-state index in [2.05, 4.69) is 114 Å². The molecule has 32 heavy (non-hydrogen) atoms. The second-order valence-electron chi connectivity index (χ2n) is 8.90. The molecule has 0 unspecified atom stereocenters. The van der Waals surface area contributed by atoms with Gasteiger partial charge in [0.1, 0.15) is 0 Å². The first-order valence-electron chi connectivity index (χ1n) is 11.7. The van der Waals surface area contributed by atoms with E-state index in [4.69, 9.17) is 0 Å². The Morgan fingerprint density at radius 1 is 0.875 bits per heavy atom. The summed E-state index contributed by atoms with van der Waals surface area (Å²) in [6, 6.07) is 24.3. The average molecular weight is 518 g/mol. The minimum atomic E-state index is 0.210. The topological polar surface area (TPSA) is 0 Å². The van der Waals surface area contributed by atoms with Crippen LogP contribution in [0.2, 0.25) is 13.1 Å². The molecule has 166 valence electrons. The fourth-order valence-corrected chi connectivity index (χ4v) is 3.81. The van der Waals surface area contributed by atoms with Crippen molar-refractivity contribution in [1.82, 2.24) is 0 Å². The third kappa shape index (κ3) is 7.82. The molecule has 0 bridgehead atoms. The van der Waals surface area contributed by atoms with Crippen LogP contribution >= 0.6 is 0 Å². The normalized spacial score (nSPS) is 10.3. The predicted octanol–water partition coefficient (Wildman–Crippen LogP) is 8.99. The molecule has 0 aromatic heterocycles. The van der Waals surface area contributed by atoms with Crippen LogP contribution in [0.25, 0.3) is 21.9 Å². The second-order valence-corrected chi connectivity index (χ2v) is 18.3. The molecule has 4 aromatic carbocycles. The van der Waals surface area contributed by atoms with Gasteiger partial charge in [0.25, 0.3) is 0 Å². The predicted molar refractivity (Wildman–Crippen MR) is 142 cm³/mol. The molecular formula is C30H38SiZr. The van der Waals surface area contributed by atoms with Crippen molar-refractivity contribution in [2.24, 2.45) is 0 Å². The van der Waals surface area contributed by atoms with Crippen molar-refractivity contribution in [2.45, 2.75) is 67.0 Å². The van der Waals surface area contributed by atoms with E-state index in [-0.39, 0.29) is 5.43 Å². The van der Waals surface area contributed by atoms with Crippen LogP contribution in [0.1, 0.15) is 47.6 Å².